The van der Waals surface area contributed by atoms with Crippen LogP contribution in [0.5, 0.6) is 0 Å². The van der Waals surface area contributed by atoms with Gasteiger partial charge in [0.2, 0.25) is 0 Å². The van der Waals surface area contributed by atoms with E-state index in [0.717, 1.165) is 6.54 Å². The molecule has 20 heavy (non-hydrogen) atoms. The number of nitrogens with one attached hydrogen (secondary N) is 1. The number of rotatable bonds is 9. The van der Waals surface area contributed by atoms with Gasteiger partial charge in [-0.3, -0.25) is 0 Å². The minimum atomic E-state index is -0.933. The lowest BCUT2D eigenvalue weighted by molar-refractivity contribution is 0.0695. The first kappa shape index (κ1) is 16.8. The molecular formula is C16H27NO3. The number of aryl methyl sites for hydroxylation is 1. The average Bonchev–Trinajstić information content (AvgIpc) is 2.70. The van der Waals surface area contributed by atoms with Gasteiger partial charge in [0.05, 0.1) is 6.54 Å². The van der Waals surface area contributed by atoms with Crippen LogP contribution in [0, 0.1) is 12.3 Å². The van der Waals surface area contributed by atoms with E-state index in [2.05, 4.69) is 26.1 Å². The lowest BCUT2D eigenvalue weighted by atomic mass is 9.87. The van der Waals surface area contributed by atoms with Crippen molar-refractivity contribution < 1.29 is 14.3 Å². The number of hydrogen-bond donors (Lipinski definition) is 2. The van der Waals surface area contributed by atoms with Crippen LogP contribution in [0.15, 0.2) is 10.5 Å². The van der Waals surface area contributed by atoms with Crippen molar-refractivity contribution in [2.24, 2.45) is 5.41 Å². The first-order valence-electron chi connectivity index (χ1n) is 7.39. The third-order valence-corrected chi connectivity index (χ3v) is 3.56. The number of carbonyl (C=O) groups is 1. The van der Waals surface area contributed by atoms with Gasteiger partial charge in [-0.15, -0.1) is 0 Å². The van der Waals surface area contributed by atoms with Gasteiger partial charge in [0.25, 0.3) is 0 Å². The van der Waals surface area contributed by atoms with Gasteiger partial charge in [0.1, 0.15) is 17.1 Å². The van der Waals surface area contributed by atoms with Crippen LogP contribution in [0.4, 0.5) is 0 Å². The number of unbranched alkanes of at least 4 members (excludes halogenated alkanes) is 2. The Morgan fingerprint density at radius 1 is 1.40 bits per heavy atom. The predicted molar refractivity (Wildman–Crippen MR) is 80.0 cm³/mol. The van der Waals surface area contributed by atoms with Gasteiger partial charge >= 0.3 is 5.97 Å². The number of furan rings is 1. The SMILES string of the molecule is CCCCCC(C)(C)CNCc1cc(C(=O)O)c(C)o1. The molecule has 0 aliphatic carbocycles. The summed E-state index contributed by atoms with van der Waals surface area (Å²) < 4.78 is 5.45. The summed E-state index contributed by atoms with van der Waals surface area (Å²) in [7, 11) is 0. The Bertz CT molecular complexity index is 435. The van der Waals surface area contributed by atoms with Crippen LogP contribution in [-0.4, -0.2) is 17.6 Å². The monoisotopic (exact) mass is 281 g/mol. The third kappa shape index (κ3) is 5.37. The van der Waals surface area contributed by atoms with E-state index in [9.17, 15) is 4.79 Å². The molecule has 0 aromatic carbocycles. The molecule has 0 bridgehead atoms. The molecule has 4 heteroatoms. The Morgan fingerprint density at radius 2 is 2.10 bits per heavy atom. The molecule has 0 aliphatic heterocycles. The van der Waals surface area contributed by atoms with Crippen LogP contribution in [0.1, 0.15) is 68.3 Å². The van der Waals surface area contributed by atoms with Gasteiger partial charge in [-0.2, -0.15) is 0 Å². The zero-order valence-corrected chi connectivity index (χ0v) is 13.1. The molecule has 0 unspecified atom stereocenters. The molecule has 0 atom stereocenters. The zero-order chi connectivity index (χ0) is 15.2. The van der Waals surface area contributed by atoms with Gasteiger partial charge in [-0.25, -0.2) is 4.79 Å². The van der Waals surface area contributed by atoms with Crippen LogP contribution in [0.25, 0.3) is 0 Å². The van der Waals surface area contributed by atoms with Crippen molar-refractivity contribution >= 4 is 5.97 Å². The highest BCUT2D eigenvalue weighted by Crippen LogP contribution is 2.23. The maximum Gasteiger partial charge on any atom is 0.339 e. The topological polar surface area (TPSA) is 62.5 Å². The molecule has 0 amide bonds. The van der Waals surface area contributed by atoms with Crippen molar-refractivity contribution in [2.45, 2.75) is 59.9 Å². The summed E-state index contributed by atoms with van der Waals surface area (Å²) in [6, 6.07) is 1.61. The van der Waals surface area contributed by atoms with Crippen molar-refractivity contribution in [3.63, 3.8) is 0 Å². The summed E-state index contributed by atoms with van der Waals surface area (Å²) in [6.07, 6.45) is 4.98. The summed E-state index contributed by atoms with van der Waals surface area (Å²) in [6.45, 7) is 9.88. The summed E-state index contributed by atoms with van der Waals surface area (Å²) in [4.78, 5) is 10.9. The number of carboxylic acid groups (broad SMARTS) is 1. The molecule has 4 nitrogen and oxygen atoms in total. The number of hydrogen-bond acceptors (Lipinski definition) is 3. The lowest BCUT2D eigenvalue weighted by Crippen LogP contribution is -2.29. The minimum absolute atomic E-state index is 0.254. The highest BCUT2D eigenvalue weighted by molar-refractivity contribution is 5.88. The second-order valence-corrected chi connectivity index (χ2v) is 6.21. The molecule has 1 heterocycles. The van der Waals surface area contributed by atoms with E-state index >= 15 is 0 Å². The fourth-order valence-corrected chi connectivity index (χ4v) is 2.31. The van der Waals surface area contributed by atoms with Gasteiger partial charge < -0.3 is 14.8 Å². The molecule has 1 aromatic heterocycles. The fraction of sp³-hybridized carbons (Fsp3) is 0.688. The second kappa shape index (κ2) is 7.48. The summed E-state index contributed by atoms with van der Waals surface area (Å²) >= 11 is 0. The van der Waals surface area contributed by atoms with Crippen LogP contribution >= 0.6 is 0 Å². The quantitative estimate of drug-likeness (QED) is 0.672. The Kier molecular flexibility index (Phi) is 6.27. The van der Waals surface area contributed by atoms with E-state index in [-0.39, 0.29) is 11.0 Å². The fourth-order valence-electron chi connectivity index (χ4n) is 2.31. The van der Waals surface area contributed by atoms with E-state index in [1.54, 1.807) is 13.0 Å². The lowest BCUT2D eigenvalue weighted by Gasteiger charge is -2.24. The highest BCUT2D eigenvalue weighted by Gasteiger charge is 2.18. The van der Waals surface area contributed by atoms with Crippen LogP contribution < -0.4 is 5.32 Å². The second-order valence-electron chi connectivity index (χ2n) is 6.21. The van der Waals surface area contributed by atoms with Crippen molar-refractivity contribution in [3.05, 3.63) is 23.2 Å². The smallest absolute Gasteiger partial charge is 0.339 e. The molecule has 1 rings (SSSR count). The largest absolute Gasteiger partial charge is 0.478 e. The van der Waals surface area contributed by atoms with E-state index in [1.165, 1.54) is 25.7 Å². The van der Waals surface area contributed by atoms with Crippen molar-refractivity contribution in [3.8, 4) is 0 Å². The molecule has 1 aromatic rings. The van der Waals surface area contributed by atoms with Gasteiger partial charge in [0, 0.05) is 6.54 Å². The Labute approximate surface area is 121 Å². The molecule has 0 fully saturated rings. The number of carboxylic acids is 1. The molecule has 0 saturated carbocycles. The maximum atomic E-state index is 10.9. The maximum absolute atomic E-state index is 10.9. The van der Waals surface area contributed by atoms with Crippen LogP contribution in [-0.2, 0) is 6.54 Å². The van der Waals surface area contributed by atoms with E-state index in [0.29, 0.717) is 18.1 Å². The van der Waals surface area contributed by atoms with E-state index < -0.39 is 5.97 Å². The summed E-state index contributed by atoms with van der Waals surface area (Å²) in [5.41, 5.74) is 0.510. The van der Waals surface area contributed by atoms with Crippen LogP contribution in [0.3, 0.4) is 0 Å². The Balaban J connectivity index is 2.40. The zero-order valence-electron chi connectivity index (χ0n) is 13.1. The van der Waals surface area contributed by atoms with Crippen LogP contribution in [0.2, 0.25) is 0 Å². The van der Waals surface area contributed by atoms with Crippen molar-refractivity contribution in [2.75, 3.05) is 6.54 Å². The summed E-state index contributed by atoms with van der Waals surface area (Å²) in [5, 5.41) is 12.3. The molecular weight excluding hydrogens is 254 g/mol. The molecule has 0 spiro atoms. The first-order valence-corrected chi connectivity index (χ1v) is 7.39. The average molecular weight is 281 g/mol. The number of aromatic carboxylic acids is 1. The molecule has 0 saturated heterocycles. The molecule has 114 valence electrons. The summed E-state index contributed by atoms with van der Waals surface area (Å²) in [5.74, 6) is 0.221. The standard InChI is InChI=1S/C16H27NO3/c1-5-6-7-8-16(3,4)11-17-10-13-9-14(15(18)19)12(2)20-13/h9,17H,5-8,10-11H2,1-4H3,(H,18,19). The van der Waals surface area contributed by atoms with Crippen molar-refractivity contribution in [1.29, 1.82) is 0 Å². The van der Waals surface area contributed by atoms with E-state index in [1.807, 2.05) is 0 Å². The predicted octanol–water partition coefficient (Wildman–Crippen LogP) is 3.98. The normalized spacial score (nSPS) is 11.8. The van der Waals surface area contributed by atoms with Gasteiger partial charge in [-0.05, 0) is 24.8 Å². The Hall–Kier alpha value is -1.29. The van der Waals surface area contributed by atoms with Gasteiger partial charge in [0.15, 0.2) is 0 Å². The minimum Gasteiger partial charge on any atom is -0.478 e. The van der Waals surface area contributed by atoms with Crippen molar-refractivity contribution in [1.82, 2.24) is 5.32 Å². The van der Waals surface area contributed by atoms with E-state index in [4.69, 9.17) is 9.52 Å². The van der Waals surface area contributed by atoms with Gasteiger partial charge in [-0.1, -0.05) is 40.0 Å². The molecule has 2 N–H and O–H groups in total. The Morgan fingerprint density at radius 3 is 2.65 bits per heavy atom. The first-order chi connectivity index (χ1) is 9.35. The molecule has 0 radical (unpaired) electrons. The highest BCUT2D eigenvalue weighted by atomic mass is 16.4. The molecule has 0 aliphatic rings. The third-order valence-electron chi connectivity index (χ3n) is 3.56.